The molecule has 2 rings (SSSR count). The Hall–Kier alpha value is -1.02. The summed E-state index contributed by atoms with van der Waals surface area (Å²) in [5.74, 6) is 1.74. The molecule has 1 fully saturated rings. The summed E-state index contributed by atoms with van der Waals surface area (Å²) in [4.78, 5) is 2.52. The highest BCUT2D eigenvalue weighted by molar-refractivity contribution is 5.37. The normalized spacial score (nSPS) is 16.4. The smallest absolute Gasteiger partial charge is 0.123 e. The Morgan fingerprint density at radius 1 is 1.22 bits per heavy atom. The second kappa shape index (κ2) is 6.24. The molecule has 2 heteroatoms. The Bertz CT molecular complexity index is 381. The van der Waals surface area contributed by atoms with Crippen LogP contribution in [-0.4, -0.2) is 25.1 Å². The van der Waals surface area contributed by atoms with Crippen molar-refractivity contribution in [3.05, 3.63) is 29.3 Å². The molecule has 0 radical (unpaired) electrons. The van der Waals surface area contributed by atoms with Crippen LogP contribution in [0.3, 0.4) is 0 Å². The lowest BCUT2D eigenvalue weighted by atomic mass is 10.0. The number of hydrogen-bond donors (Lipinski definition) is 0. The second-order valence-electron chi connectivity index (χ2n) is 5.73. The van der Waals surface area contributed by atoms with E-state index in [0.717, 1.165) is 18.7 Å². The Labute approximate surface area is 111 Å². The van der Waals surface area contributed by atoms with Crippen LogP contribution >= 0.6 is 0 Å². The van der Waals surface area contributed by atoms with Crippen molar-refractivity contribution >= 4 is 0 Å². The van der Waals surface area contributed by atoms with Gasteiger partial charge in [0.05, 0.1) is 7.11 Å². The number of hydrogen-bond acceptors (Lipinski definition) is 2. The van der Waals surface area contributed by atoms with Crippen molar-refractivity contribution in [2.45, 2.75) is 39.7 Å². The molecular weight excluding hydrogens is 222 g/mol. The van der Waals surface area contributed by atoms with Gasteiger partial charge in [-0.05, 0) is 49.9 Å². The van der Waals surface area contributed by atoms with Gasteiger partial charge in [0.1, 0.15) is 5.75 Å². The van der Waals surface area contributed by atoms with Crippen LogP contribution in [0.25, 0.3) is 0 Å². The molecule has 18 heavy (non-hydrogen) atoms. The first kappa shape index (κ1) is 13.4. The third-order valence-corrected chi connectivity index (χ3v) is 3.58. The van der Waals surface area contributed by atoms with Crippen LogP contribution in [-0.2, 0) is 13.0 Å². The van der Waals surface area contributed by atoms with Gasteiger partial charge in [-0.3, -0.25) is 4.90 Å². The van der Waals surface area contributed by atoms with Gasteiger partial charge in [-0.1, -0.05) is 26.0 Å². The minimum absolute atomic E-state index is 0.707. The van der Waals surface area contributed by atoms with Gasteiger partial charge in [0.25, 0.3) is 0 Å². The summed E-state index contributed by atoms with van der Waals surface area (Å²) in [7, 11) is 1.77. The van der Waals surface area contributed by atoms with E-state index in [0.29, 0.717) is 5.92 Å². The van der Waals surface area contributed by atoms with E-state index in [1.165, 1.54) is 37.1 Å². The van der Waals surface area contributed by atoms with Gasteiger partial charge < -0.3 is 4.74 Å². The van der Waals surface area contributed by atoms with Gasteiger partial charge >= 0.3 is 0 Å². The Kier molecular flexibility index (Phi) is 4.65. The van der Waals surface area contributed by atoms with Crippen molar-refractivity contribution in [1.82, 2.24) is 4.90 Å². The van der Waals surface area contributed by atoms with Crippen LogP contribution in [0.2, 0.25) is 0 Å². The van der Waals surface area contributed by atoms with Crippen molar-refractivity contribution in [3.63, 3.8) is 0 Å². The predicted molar refractivity (Wildman–Crippen MR) is 76.0 cm³/mol. The average molecular weight is 247 g/mol. The van der Waals surface area contributed by atoms with Crippen molar-refractivity contribution in [1.29, 1.82) is 0 Å². The van der Waals surface area contributed by atoms with Crippen LogP contribution in [0.15, 0.2) is 18.2 Å². The summed E-state index contributed by atoms with van der Waals surface area (Å²) < 4.78 is 5.49. The molecule has 1 aliphatic heterocycles. The topological polar surface area (TPSA) is 12.5 Å². The van der Waals surface area contributed by atoms with Crippen LogP contribution < -0.4 is 4.74 Å². The Morgan fingerprint density at radius 3 is 2.56 bits per heavy atom. The van der Waals surface area contributed by atoms with E-state index in [9.17, 15) is 0 Å². The Balaban J connectivity index is 2.13. The van der Waals surface area contributed by atoms with Crippen molar-refractivity contribution in [2.24, 2.45) is 5.92 Å². The SMILES string of the molecule is COc1ccc(CC(C)C)cc1CN1CCCC1. The molecule has 1 aromatic rings. The van der Waals surface area contributed by atoms with E-state index in [1.54, 1.807) is 7.11 Å². The zero-order valence-corrected chi connectivity index (χ0v) is 11.9. The van der Waals surface area contributed by atoms with Gasteiger partial charge in [-0.2, -0.15) is 0 Å². The van der Waals surface area contributed by atoms with E-state index in [4.69, 9.17) is 4.74 Å². The molecule has 0 spiro atoms. The molecule has 0 aliphatic carbocycles. The Morgan fingerprint density at radius 2 is 1.94 bits per heavy atom. The summed E-state index contributed by atoms with van der Waals surface area (Å²) in [6.45, 7) is 8.04. The minimum atomic E-state index is 0.707. The molecule has 0 N–H and O–H groups in total. The minimum Gasteiger partial charge on any atom is -0.496 e. The molecular formula is C16H25NO. The zero-order chi connectivity index (χ0) is 13.0. The molecule has 0 aromatic heterocycles. The first-order valence-corrected chi connectivity index (χ1v) is 7.07. The number of rotatable bonds is 5. The van der Waals surface area contributed by atoms with E-state index in [2.05, 4.69) is 36.9 Å². The average Bonchev–Trinajstić information content (AvgIpc) is 2.81. The molecule has 0 amide bonds. The van der Waals surface area contributed by atoms with Gasteiger partial charge in [0.15, 0.2) is 0 Å². The van der Waals surface area contributed by atoms with Crippen LogP contribution in [0.5, 0.6) is 5.75 Å². The molecule has 1 heterocycles. The fourth-order valence-corrected chi connectivity index (χ4v) is 2.74. The van der Waals surface area contributed by atoms with Crippen molar-refractivity contribution in [2.75, 3.05) is 20.2 Å². The molecule has 0 saturated carbocycles. The van der Waals surface area contributed by atoms with Gasteiger partial charge in [0.2, 0.25) is 0 Å². The third kappa shape index (κ3) is 3.49. The zero-order valence-electron chi connectivity index (χ0n) is 11.9. The van der Waals surface area contributed by atoms with Crippen LogP contribution in [0, 0.1) is 5.92 Å². The molecule has 1 saturated heterocycles. The number of likely N-dealkylation sites (tertiary alicyclic amines) is 1. The van der Waals surface area contributed by atoms with Crippen molar-refractivity contribution in [3.8, 4) is 5.75 Å². The van der Waals surface area contributed by atoms with Crippen LogP contribution in [0.1, 0.15) is 37.8 Å². The molecule has 2 nitrogen and oxygen atoms in total. The highest BCUT2D eigenvalue weighted by Crippen LogP contribution is 2.24. The fourth-order valence-electron chi connectivity index (χ4n) is 2.74. The van der Waals surface area contributed by atoms with E-state index in [1.807, 2.05) is 0 Å². The molecule has 0 unspecified atom stereocenters. The summed E-state index contributed by atoms with van der Waals surface area (Å²) >= 11 is 0. The molecule has 1 aliphatic rings. The molecule has 100 valence electrons. The quantitative estimate of drug-likeness (QED) is 0.789. The fraction of sp³-hybridized carbons (Fsp3) is 0.625. The predicted octanol–water partition coefficient (Wildman–Crippen LogP) is 3.49. The number of ether oxygens (including phenoxy) is 1. The summed E-state index contributed by atoms with van der Waals surface area (Å²) in [6, 6.07) is 6.66. The van der Waals surface area contributed by atoms with E-state index >= 15 is 0 Å². The lowest BCUT2D eigenvalue weighted by molar-refractivity contribution is 0.320. The molecule has 0 bridgehead atoms. The summed E-state index contributed by atoms with van der Waals surface area (Å²) in [5, 5.41) is 0. The number of benzene rings is 1. The number of nitrogens with zero attached hydrogens (tertiary/aromatic N) is 1. The number of methoxy groups -OCH3 is 1. The third-order valence-electron chi connectivity index (χ3n) is 3.58. The van der Waals surface area contributed by atoms with E-state index < -0.39 is 0 Å². The highest BCUT2D eigenvalue weighted by Gasteiger charge is 2.14. The van der Waals surface area contributed by atoms with Gasteiger partial charge in [-0.15, -0.1) is 0 Å². The summed E-state index contributed by atoms with van der Waals surface area (Å²) in [6.07, 6.45) is 3.83. The molecule has 1 aromatic carbocycles. The summed E-state index contributed by atoms with van der Waals surface area (Å²) in [5.41, 5.74) is 2.78. The highest BCUT2D eigenvalue weighted by atomic mass is 16.5. The standard InChI is InChI=1S/C16H25NO/c1-13(2)10-14-6-7-16(18-3)15(11-14)12-17-8-4-5-9-17/h6-7,11,13H,4-5,8-10,12H2,1-3H3. The first-order valence-electron chi connectivity index (χ1n) is 7.07. The second-order valence-corrected chi connectivity index (χ2v) is 5.73. The first-order chi connectivity index (χ1) is 8.69. The maximum Gasteiger partial charge on any atom is 0.123 e. The largest absolute Gasteiger partial charge is 0.496 e. The maximum atomic E-state index is 5.49. The lowest BCUT2D eigenvalue weighted by Crippen LogP contribution is -2.19. The maximum absolute atomic E-state index is 5.49. The van der Waals surface area contributed by atoms with Gasteiger partial charge in [-0.25, -0.2) is 0 Å². The van der Waals surface area contributed by atoms with E-state index in [-0.39, 0.29) is 0 Å². The monoisotopic (exact) mass is 247 g/mol. The van der Waals surface area contributed by atoms with Crippen LogP contribution in [0.4, 0.5) is 0 Å². The van der Waals surface area contributed by atoms with Crippen molar-refractivity contribution < 1.29 is 4.74 Å². The lowest BCUT2D eigenvalue weighted by Gasteiger charge is -2.18. The van der Waals surface area contributed by atoms with Gasteiger partial charge in [0, 0.05) is 12.1 Å². The molecule has 0 atom stereocenters.